The van der Waals surface area contributed by atoms with E-state index < -0.39 is 0 Å². The first kappa shape index (κ1) is 6.06. The summed E-state index contributed by atoms with van der Waals surface area (Å²) in [4.78, 5) is 0. The molecule has 29 valence electrons. The number of rotatable bonds is 2. The van der Waals surface area contributed by atoms with Crippen molar-refractivity contribution >= 4 is 4.31 Å². The van der Waals surface area contributed by atoms with Gasteiger partial charge in [0.15, 0.2) is 0 Å². The van der Waals surface area contributed by atoms with E-state index in [0.717, 1.165) is 0 Å². The average molecular weight is 113 g/mol. The van der Waals surface area contributed by atoms with Crippen LogP contribution in [-0.4, -0.2) is 4.31 Å². The zero-order valence-corrected chi connectivity index (χ0v) is 4.95. The first-order valence-corrected chi connectivity index (χ1v) is 2.52. The summed E-state index contributed by atoms with van der Waals surface area (Å²) < 4.78 is 1.92. The molecule has 0 N–H and O–H groups in total. The monoisotopic (exact) mass is 113 g/mol. The predicted molar refractivity (Wildman–Crippen MR) is 24.1 cm³/mol. The van der Waals surface area contributed by atoms with Gasteiger partial charge in [0.05, 0.1) is 0 Å². The van der Waals surface area contributed by atoms with Crippen LogP contribution in [0.1, 0.15) is 0 Å². The fourth-order valence-corrected chi connectivity index (χ4v) is 0.293. The molecule has 0 aromatic rings. The van der Waals surface area contributed by atoms with Crippen molar-refractivity contribution in [3.63, 3.8) is 0 Å². The first-order chi connectivity index (χ1) is 2.91. The number of hydrogen-bond donors (Lipinski definition) is 0. The van der Waals surface area contributed by atoms with Crippen molar-refractivity contribution < 1.29 is 20.0 Å². The van der Waals surface area contributed by atoms with E-state index in [-0.39, 0.29) is 0 Å². The first-order valence-electron chi connectivity index (χ1n) is 1.62. The Morgan fingerprint density at radius 1 is 1.33 bits per heavy atom. The van der Waals surface area contributed by atoms with Gasteiger partial charge in [0.2, 0.25) is 0 Å². The van der Waals surface area contributed by atoms with Crippen molar-refractivity contribution in [2.45, 2.75) is 0 Å². The second kappa shape index (κ2) is 5.06. The van der Waals surface area contributed by atoms with Crippen LogP contribution < -0.4 is 0 Å². The van der Waals surface area contributed by atoms with Gasteiger partial charge in [-0.25, -0.2) is 0 Å². The summed E-state index contributed by atoms with van der Waals surface area (Å²) in [6, 6.07) is 0. The SMILES string of the molecule is [CH-]=C/C=C\[CH]=[Ti+]. The van der Waals surface area contributed by atoms with E-state index in [1.807, 2.05) is 30.4 Å². The maximum absolute atomic E-state index is 4.98. The van der Waals surface area contributed by atoms with Gasteiger partial charge in [0.25, 0.3) is 0 Å². The van der Waals surface area contributed by atoms with Gasteiger partial charge in [0.1, 0.15) is 0 Å². The third-order valence-corrected chi connectivity index (χ3v) is 0.619. The van der Waals surface area contributed by atoms with Crippen LogP contribution in [-0.2, 0) is 20.0 Å². The van der Waals surface area contributed by atoms with Crippen molar-refractivity contribution in [1.29, 1.82) is 0 Å². The van der Waals surface area contributed by atoms with Gasteiger partial charge in [-0.05, 0) is 0 Å². The van der Waals surface area contributed by atoms with Gasteiger partial charge in [-0.1, -0.05) is 0 Å². The topological polar surface area (TPSA) is 0 Å². The summed E-state index contributed by atoms with van der Waals surface area (Å²) >= 11 is 1.94. The molecule has 0 aromatic heterocycles. The van der Waals surface area contributed by atoms with Crippen LogP contribution >= 0.6 is 0 Å². The Balaban J connectivity index is 3.17. The molecule has 0 aromatic carbocycles. The van der Waals surface area contributed by atoms with Gasteiger partial charge in [-0.3, -0.25) is 0 Å². The minimum atomic E-state index is 1.50. The Labute approximate surface area is 49.5 Å². The van der Waals surface area contributed by atoms with E-state index in [4.69, 9.17) is 6.58 Å². The molecule has 0 atom stereocenters. The Kier molecular flexibility index (Phi) is 5.12. The number of allylic oxidation sites excluding steroid dienone is 3. The van der Waals surface area contributed by atoms with E-state index in [9.17, 15) is 0 Å². The summed E-state index contributed by atoms with van der Waals surface area (Å²) in [5.74, 6) is 0. The molecule has 0 radical (unpaired) electrons. The van der Waals surface area contributed by atoms with Crippen LogP contribution in [0.3, 0.4) is 0 Å². The van der Waals surface area contributed by atoms with Crippen LogP contribution in [0.25, 0.3) is 0 Å². The van der Waals surface area contributed by atoms with Crippen molar-refractivity contribution in [3.8, 4) is 0 Å². The van der Waals surface area contributed by atoms with Crippen LogP contribution in [0.5, 0.6) is 0 Å². The minimum absolute atomic E-state index is 1.50. The second-order valence-corrected chi connectivity index (χ2v) is 1.26. The van der Waals surface area contributed by atoms with Crippen molar-refractivity contribution in [2.24, 2.45) is 0 Å². The standard InChI is InChI=1S/C5H5.Ti/c1-3-5-4-2;/h1-5H;/q-1;+1/b5-3-;. The zero-order chi connectivity index (χ0) is 4.83. The van der Waals surface area contributed by atoms with Gasteiger partial charge in [-0.15, -0.1) is 0 Å². The Hall–Kier alpha value is 0.0643. The summed E-state index contributed by atoms with van der Waals surface area (Å²) in [6.07, 6.45) is 5.15. The fraction of sp³-hybridized carbons (Fsp3) is 0. The molecule has 0 bridgehead atoms. The molecule has 0 spiro atoms. The second-order valence-electron chi connectivity index (χ2n) is 0.744. The fourth-order valence-electron chi connectivity index (χ4n) is 0.120. The van der Waals surface area contributed by atoms with Crippen LogP contribution in [0.4, 0.5) is 0 Å². The quantitative estimate of drug-likeness (QED) is 0.283. The molecule has 0 nitrogen and oxygen atoms in total. The third-order valence-electron chi connectivity index (χ3n) is 0.318. The zero-order valence-electron chi connectivity index (χ0n) is 3.39. The Bertz CT molecular complexity index is 62.0. The Morgan fingerprint density at radius 2 is 2.00 bits per heavy atom. The van der Waals surface area contributed by atoms with Crippen LogP contribution in [0, 0.1) is 6.58 Å². The molecule has 0 fully saturated rings. The van der Waals surface area contributed by atoms with E-state index >= 15 is 0 Å². The molecule has 0 heterocycles. The number of hydrogen-bond acceptors (Lipinski definition) is 0. The molecule has 0 amide bonds. The normalized spacial score (nSPS) is 9.00. The summed E-state index contributed by atoms with van der Waals surface area (Å²) in [5.41, 5.74) is 0. The molecule has 0 unspecified atom stereocenters. The van der Waals surface area contributed by atoms with Crippen molar-refractivity contribution in [2.75, 3.05) is 0 Å². The maximum atomic E-state index is 4.98. The average Bonchev–Trinajstić information content (AvgIpc) is 1.61. The summed E-state index contributed by atoms with van der Waals surface area (Å²) in [6.45, 7) is 4.98. The van der Waals surface area contributed by atoms with Gasteiger partial charge >= 0.3 is 49.1 Å². The summed E-state index contributed by atoms with van der Waals surface area (Å²) in [5, 5.41) is 0. The van der Waals surface area contributed by atoms with E-state index in [0.29, 0.717) is 0 Å². The van der Waals surface area contributed by atoms with E-state index in [1.165, 1.54) is 6.08 Å². The molecule has 0 aliphatic rings. The molecule has 0 rings (SSSR count). The van der Waals surface area contributed by atoms with Crippen molar-refractivity contribution in [1.82, 2.24) is 0 Å². The molecular weight excluding hydrogens is 108 g/mol. The molecular formula is C5H5Ti. The van der Waals surface area contributed by atoms with Gasteiger partial charge in [0, 0.05) is 0 Å². The molecule has 0 saturated carbocycles. The van der Waals surface area contributed by atoms with Crippen LogP contribution in [0.2, 0.25) is 0 Å². The predicted octanol–water partition coefficient (Wildman–Crippen LogP) is 0.881. The molecule has 1 heteroatoms. The van der Waals surface area contributed by atoms with Gasteiger partial charge in [-0.2, -0.15) is 0 Å². The third kappa shape index (κ3) is 4.06. The molecule has 6 heavy (non-hydrogen) atoms. The van der Waals surface area contributed by atoms with Gasteiger partial charge < -0.3 is 0 Å². The van der Waals surface area contributed by atoms with Crippen molar-refractivity contribution in [3.05, 3.63) is 24.8 Å². The molecule has 0 aliphatic heterocycles. The summed E-state index contributed by atoms with van der Waals surface area (Å²) in [7, 11) is 0. The Morgan fingerprint density at radius 3 is 2.17 bits per heavy atom. The van der Waals surface area contributed by atoms with E-state index in [1.54, 1.807) is 6.08 Å². The molecule has 0 aliphatic carbocycles. The molecule has 0 saturated heterocycles. The van der Waals surface area contributed by atoms with E-state index in [2.05, 4.69) is 0 Å². The van der Waals surface area contributed by atoms with Crippen LogP contribution in [0.15, 0.2) is 18.2 Å².